The lowest BCUT2D eigenvalue weighted by Gasteiger charge is -2.20. The number of rotatable bonds is 6. The molecule has 0 spiro atoms. The number of hydrogen-bond donors (Lipinski definition) is 1. The molecule has 20 heavy (non-hydrogen) atoms. The number of nitrogen functional groups attached to an aromatic ring is 1. The molecule has 0 aliphatic heterocycles. The normalized spacial score (nSPS) is 10.4. The fraction of sp³-hybridized carbons (Fsp3) is 0.231. The van der Waals surface area contributed by atoms with Crippen LogP contribution in [0.3, 0.4) is 0 Å². The van der Waals surface area contributed by atoms with Crippen molar-refractivity contribution in [1.82, 2.24) is 9.88 Å². The van der Waals surface area contributed by atoms with E-state index >= 15 is 0 Å². The summed E-state index contributed by atoms with van der Waals surface area (Å²) in [6, 6.07) is 3.76. The SMILES string of the molecule is C=CCN(Cc1ccc(Cl)s1)C(=O)Cc1csc(N)n1. The van der Waals surface area contributed by atoms with Crippen molar-refractivity contribution >= 4 is 45.3 Å². The molecule has 0 radical (unpaired) electrons. The van der Waals surface area contributed by atoms with Crippen molar-refractivity contribution in [2.45, 2.75) is 13.0 Å². The third-order valence-corrected chi connectivity index (χ3v) is 4.52. The van der Waals surface area contributed by atoms with Crippen molar-refractivity contribution in [2.75, 3.05) is 12.3 Å². The van der Waals surface area contributed by atoms with E-state index in [1.807, 2.05) is 12.1 Å². The molecule has 7 heteroatoms. The number of anilines is 1. The van der Waals surface area contributed by atoms with Gasteiger partial charge in [0.2, 0.25) is 5.91 Å². The van der Waals surface area contributed by atoms with E-state index in [9.17, 15) is 4.79 Å². The molecule has 2 N–H and O–H groups in total. The summed E-state index contributed by atoms with van der Waals surface area (Å²) in [6.07, 6.45) is 1.96. The van der Waals surface area contributed by atoms with Crippen LogP contribution in [-0.2, 0) is 17.8 Å². The standard InChI is InChI=1S/C13H14ClN3OS2/c1-2-5-17(7-10-3-4-11(14)20-10)12(18)6-9-8-19-13(15)16-9/h2-4,8H,1,5-7H2,(H2,15,16). The molecule has 2 heterocycles. The molecule has 0 bridgehead atoms. The van der Waals surface area contributed by atoms with E-state index in [0.717, 1.165) is 9.21 Å². The van der Waals surface area contributed by atoms with Gasteiger partial charge in [0.15, 0.2) is 5.13 Å². The summed E-state index contributed by atoms with van der Waals surface area (Å²) in [5.74, 6) is -0.000257. The molecule has 0 saturated carbocycles. The molecule has 0 fully saturated rings. The molecule has 0 aliphatic rings. The number of hydrogen-bond acceptors (Lipinski definition) is 5. The minimum absolute atomic E-state index is 0.000257. The average molecular weight is 328 g/mol. The van der Waals surface area contributed by atoms with Gasteiger partial charge >= 0.3 is 0 Å². The summed E-state index contributed by atoms with van der Waals surface area (Å²) in [5.41, 5.74) is 6.27. The number of amides is 1. The van der Waals surface area contributed by atoms with Crippen LogP contribution in [0.15, 0.2) is 30.2 Å². The number of carbonyl (C=O) groups excluding carboxylic acids is 1. The van der Waals surface area contributed by atoms with Gasteiger partial charge in [0.05, 0.1) is 23.0 Å². The lowest BCUT2D eigenvalue weighted by Crippen LogP contribution is -2.31. The summed E-state index contributed by atoms with van der Waals surface area (Å²) in [6.45, 7) is 4.71. The molecule has 2 aromatic heterocycles. The highest BCUT2D eigenvalue weighted by molar-refractivity contribution is 7.16. The van der Waals surface area contributed by atoms with Crippen molar-refractivity contribution in [3.8, 4) is 0 Å². The maximum atomic E-state index is 12.3. The molecule has 0 saturated heterocycles. The molecule has 1 amide bonds. The quantitative estimate of drug-likeness (QED) is 0.829. The van der Waals surface area contributed by atoms with Gasteiger partial charge in [0, 0.05) is 16.8 Å². The minimum Gasteiger partial charge on any atom is -0.375 e. The number of thiophene rings is 1. The second-order valence-electron chi connectivity index (χ2n) is 4.12. The molecule has 2 aromatic rings. The molecular formula is C13H14ClN3OS2. The Bertz CT molecular complexity index is 608. The molecule has 0 atom stereocenters. The Hall–Kier alpha value is -1.37. The maximum absolute atomic E-state index is 12.3. The topological polar surface area (TPSA) is 59.2 Å². The van der Waals surface area contributed by atoms with Crippen molar-refractivity contribution in [3.63, 3.8) is 0 Å². The van der Waals surface area contributed by atoms with E-state index in [1.165, 1.54) is 22.7 Å². The molecular weight excluding hydrogens is 314 g/mol. The van der Waals surface area contributed by atoms with Crippen LogP contribution < -0.4 is 5.73 Å². The number of halogens is 1. The number of thiazole rings is 1. The first-order valence-electron chi connectivity index (χ1n) is 5.91. The van der Waals surface area contributed by atoms with E-state index in [4.69, 9.17) is 17.3 Å². The second kappa shape index (κ2) is 6.88. The van der Waals surface area contributed by atoms with Gasteiger partial charge in [0.25, 0.3) is 0 Å². The first kappa shape index (κ1) is 15.0. The minimum atomic E-state index is -0.000257. The monoisotopic (exact) mass is 327 g/mol. The van der Waals surface area contributed by atoms with Gasteiger partial charge in [-0.25, -0.2) is 4.98 Å². The van der Waals surface area contributed by atoms with Gasteiger partial charge < -0.3 is 10.6 Å². The Morgan fingerprint density at radius 1 is 1.55 bits per heavy atom. The van der Waals surface area contributed by atoms with Gasteiger partial charge in [-0.1, -0.05) is 17.7 Å². The van der Waals surface area contributed by atoms with Crippen LogP contribution in [0.4, 0.5) is 5.13 Å². The Morgan fingerprint density at radius 3 is 2.90 bits per heavy atom. The third kappa shape index (κ3) is 4.06. The molecule has 4 nitrogen and oxygen atoms in total. The smallest absolute Gasteiger partial charge is 0.229 e. The van der Waals surface area contributed by atoms with E-state index < -0.39 is 0 Å². The number of nitrogens with zero attached hydrogens (tertiary/aromatic N) is 2. The predicted molar refractivity (Wildman–Crippen MR) is 85.2 cm³/mol. The number of nitrogens with two attached hydrogens (primary N) is 1. The molecule has 0 aromatic carbocycles. The van der Waals surface area contributed by atoms with Gasteiger partial charge in [0.1, 0.15) is 0 Å². The van der Waals surface area contributed by atoms with Crippen LogP contribution in [0, 0.1) is 0 Å². The summed E-state index contributed by atoms with van der Waals surface area (Å²) >= 11 is 8.72. The Kier molecular flexibility index (Phi) is 5.17. The maximum Gasteiger partial charge on any atom is 0.229 e. The van der Waals surface area contributed by atoms with Crippen molar-refractivity contribution < 1.29 is 4.79 Å². The summed E-state index contributed by atoms with van der Waals surface area (Å²) < 4.78 is 0.721. The predicted octanol–water partition coefficient (Wildman–Crippen LogP) is 3.20. The molecule has 0 unspecified atom stereocenters. The third-order valence-electron chi connectivity index (χ3n) is 2.58. The first-order chi connectivity index (χ1) is 9.58. The van der Waals surface area contributed by atoms with Crippen LogP contribution in [0.1, 0.15) is 10.6 Å². The fourth-order valence-corrected chi connectivity index (χ4v) is 3.37. The van der Waals surface area contributed by atoms with E-state index in [1.54, 1.807) is 16.4 Å². The van der Waals surface area contributed by atoms with E-state index in [-0.39, 0.29) is 12.3 Å². The Morgan fingerprint density at radius 2 is 2.35 bits per heavy atom. The Balaban J connectivity index is 2.03. The zero-order valence-corrected chi connectivity index (χ0v) is 13.1. The van der Waals surface area contributed by atoms with Crippen LogP contribution in [-0.4, -0.2) is 22.3 Å². The average Bonchev–Trinajstić information content (AvgIpc) is 2.98. The number of aromatic nitrogens is 1. The van der Waals surface area contributed by atoms with Crippen molar-refractivity contribution in [3.05, 3.63) is 45.1 Å². The second-order valence-corrected chi connectivity index (χ2v) is 6.81. The molecule has 0 aliphatic carbocycles. The highest BCUT2D eigenvalue weighted by atomic mass is 35.5. The van der Waals surface area contributed by atoms with Crippen molar-refractivity contribution in [2.24, 2.45) is 0 Å². The van der Waals surface area contributed by atoms with Gasteiger partial charge in [-0.05, 0) is 12.1 Å². The summed E-state index contributed by atoms with van der Waals surface area (Å²) in [5, 5.41) is 2.29. The lowest BCUT2D eigenvalue weighted by molar-refractivity contribution is -0.130. The van der Waals surface area contributed by atoms with E-state index in [2.05, 4.69) is 11.6 Å². The number of carbonyl (C=O) groups is 1. The zero-order valence-electron chi connectivity index (χ0n) is 10.7. The Labute approximate surface area is 130 Å². The molecule has 106 valence electrons. The van der Waals surface area contributed by atoms with Crippen LogP contribution in [0.5, 0.6) is 0 Å². The highest BCUT2D eigenvalue weighted by Crippen LogP contribution is 2.23. The first-order valence-corrected chi connectivity index (χ1v) is 7.98. The fourth-order valence-electron chi connectivity index (χ4n) is 1.71. The van der Waals surface area contributed by atoms with Gasteiger partial charge in [-0.3, -0.25) is 4.79 Å². The van der Waals surface area contributed by atoms with Crippen molar-refractivity contribution in [1.29, 1.82) is 0 Å². The van der Waals surface area contributed by atoms with Gasteiger partial charge in [-0.15, -0.1) is 29.3 Å². The lowest BCUT2D eigenvalue weighted by atomic mass is 10.3. The summed E-state index contributed by atoms with van der Waals surface area (Å²) in [7, 11) is 0. The largest absolute Gasteiger partial charge is 0.375 e. The summed E-state index contributed by atoms with van der Waals surface area (Å²) in [4.78, 5) is 19.2. The van der Waals surface area contributed by atoms with Crippen LogP contribution in [0.25, 0.3) is 0 Å². The van der Waals surface area contributed by atoms with E-state index in [0.29, 0.717) is 23.9 Å². The van der Waals surface area contributed by atoms with Gasteiger partial charge in [-0.2, -0.15) is 0 Å². The van der Waals surface area contributed by atoms with Crippen LogP contribution in [0.2, 0.25) is 4.34 Å². The van der Waals surface area contributed by atoms with Crippen LogP contribution >= 0.6 is 34.3 Å². The zero-order chi connectivity index (χ0) is 14.5. The molecule has 2 rings (SSSR count). The highest BCUT2D eigenvalue weighted by Gasteiger charge is 2.15.